The molecule has 0 aliphatic carbocycles. The number of pyridine rings is 1. The Labute approximate surface area is 215 Å². The molecule has 36 heavy (non-hydrogen) atoms. The summed E-state index contributed by atoms with van der Waals surface area (Å²) in [6.07, 6.45) is 2.26. The van der Waals surface area contributed by atoms with Gasteiger partial charge in [-0.15, -0.1) is 0 Å². The number of aromatic nitrogens is 1. The zero-order valence-electron chi connectivity index (χ0n) is 22.6. The van der Waals surface area contributed by atoms with Crippen molar-refractivity contribution in [3.8, 4) is 0 Å². The minimum Gasteiger partial charge on any atom is -0.341 e. The second-order valence-electron chi connectivity index (χ2n) is 8.93. The van der Waals surface area contributed by atoms with Crippen molar-refractivity contribution in [2.75, 3.05) is 0 Å². The second-order valence-corrected chi connectivity index (χ2v) is 8.93. The molecule has 0 amide bonds. The molecule has 0 N–H and O–H groups in total. The minimum atomic E-state index is -0.904. The number of benzene rings is 2. The summed E-state index contributed by atoms with van der Waals surface area (Å²) < 4.78 is 17.7. The monoisotopic (exact) mass is 487 g/mol. The van der Waals surface area contributed by atoms with E-state index in [9.17, 15) is 9.59 Å². The molecule has 3 aromatic rings. The lowest BCUT2D eigenvalue weighted by Gasteiger charge is -2.28. The Morgan fingerprint density at radius 1 is 0.944 bits per heavy atom. The van der Waals surface area contributed by atoms with Crippen molar-refractivity contribution in [3.05, 3.63) is 112 Å². The molecule has 0 saturated heterocycles. The first-order chi connectivity index (χ1) is 17.2. The molecule has 1 atom stereocenters. The van der Waals surface area contributed by atoms with Crippen LogP contribution in [-0.4, -0.2) is 10.4 Å². The highest BCUT2D eigenvalue weighted by molar-refractivity contribution is 6.13. The number of carbonyl (C=O) groups excluding carboxylic acids is 1. The summed E-state index contributed by atoms with van der Waals surface area (Å²) >= 11 is 0. The molecule has 0 saturated carbocycles. The van der Waals surface area contributed by atoms with Crippen molar-refractivity contribution in [1.82, 2.24) is 4.57 Å². The first kappa shape index (κ1) is 28.7. The van der Waals surface area contributed by atoms with Gasteiger partial charge < -0.3 is 4.57 Å². The Hall–Kier alpha value is -3.53. The lowest BCUT2D eigenvalue weighted by molar-refractivity contribution is 0.101. The standard InChI is InChI=1S/C30H32FNO2.C2H6/c1-7-26(19(2)3)32-18-25(22(6)33)30(34)28(31)29(32)21(5)27(24-16-12-9-13-17-24)20(4)23-14-10-8-11-15-23;1-2/h8-19,26H,4,7H2,1-3,5-6H3;1-2H3/b27-21-;/t26-;/m0./s1. The van der Waals surface area contributed by atoms with Crippen LogP contribution in [0.15, 0.2) is 78.2 Å². The highest BCUT2D eigenvalue weighted by Crippen LogP contribution is 2.38. The van der Waals surface area contributed by atoms with Crippen molar-refractivity contribution in [2.24, 2.45) is 5.92 Å². The van der Waals surface area contributed by atoms with E-state index in [1.807, 2.05) is 88.4 Å². The molecule has 0 fully saturated rings. The predicted molar refractivity (Wildman–Crippen MR) is 151 cm³/mol. The Morgan fingerprint density at radius 2 is 1.44 bits per heavy atom. The van der Waals surface area contributed by atoms with Crippen molar-refractivity contribution < 1.29 is 9.18 Å². The fourth-order valence-electron chi connectivity index (χ4n) is 4.59. The molecule has 3 rings (SSSR count). The maximum Gasteiger partial charge on any atom is 0.228 e. The fraction of sp³-hybridized carbons (Fsp3) is 0.312. The van der Waals surface area contributed by atoms with Crippen LogP contribution in [0.1, 0.15) is 88.1 Å². The molecule has 190 valence electrons. The van der Waals surface area contributed by atoms with Gasteiger partial charge in [0.05, 0.1) is 11.3 Å². The lowest BCUT2D eigenvalue weighted by atomic mass is 9.88. The lowest BCUT2D eigenvalue weighted by Crippen LogP contribution is -2.27. The number of carbonyl (C=O) groups is 1. The first-order valence-corrected chi connectivity index (χ1v) is 12.7. The van der Waals surface area contributed by atoms with Gasteiger partial charge in [-0.25, -0.2) is 4.39 Å². The van der Waals surface area contributed by atoms with Gasteiger partial charge in [-0.3, -0.25) is 9.59 Å². The summed E-state index contributed by atoms with van der Waals surface area (Å²) in [5.41, 5.74) is 3.08. The third-order valence-electron chi connectivity index (χ3n) is 6.32. The quantitative estimate of drug-likeness (QED) is 0.236. The van der Waals surface area contributed by atoms with E-state index in [1.165, 1.54) is 13.1 Å². The van der Waals surface area contributed by atoms with Gasteiger partial charge in [0.2, 0.25) is 5.43 Å². The third-order valence-corrected chi connectivity index (χ3v) is 6.32. The zero-order chi connectivity index (χ0) is 27.0. The Bertz CT molecular complexity index is 1280. The van der Waals surface area contributed by atoms with Crippen LogP contribution in [0.3, 0.4) is 0 Å². The average Bonchev–Trinajstić information content (AvgIpc) is 2.88. The summed E-state index contributed by atoms with van der Waals surface area (Å²) in [7, 11) is 0. The van der Waals surface area contributed by atoms with Gasteiger partial charge in [0.25, 0.3) is 0 Å². The number of Topliss-reactive ketones (excluding diaryl/α,β-unsaturated/α-hetero) is 1. The SMILES string of the molecule is C=C(/C(=C(\C)c1c(F)c(=O)c(C(C)=O)cn1[C@@H](CC)C(C)C)c1ccccc1)c1ccccc1.CC. The average molecular weight is 488 g/mol. The van der Waals surface area contributed by atoms with Crippen molar-refractivity contribution in [3.63, 3.8) is 0 Å². The maximum absolute atomic E-state index is 15.9. The molecule has 0 spiro atoms. The molecule has 0 radical (unpaired) electrons. The van der Waals surface area contributed by atoms with Crippen molar-refractivity contribution in [2.45, 2.75) is 60.9 Å². The zero-order valence-corrected chi connectivity index (χ0v) is 22.6. The van der Waals surface area contributed by atoms with E-state index >= 15 is 4.39 Å². The summed E-state index contributed by atoms with van der Waals surface area (Å²) in [4.78, 5) is 25.1. The number of hydrogen-bond acceptors (Lipinski definition) is 2. The van der Waals surface area contributed by atoms with Crippen LogP contribution in [-0.2, 0) is 0 Å². The molecular weight excluding hydrogens is 449 g/mol. The van der Waals surface area contributed by atoms with E-state index in [4.69, 9.17) is 0 Å². The highest BCUT2D eigenvalue weighted by Gasteiger charge is 2.26. The van der Waals surface area contributed by atoms with Gasteiger partial charge in [-0.2, -0.15) is 0 Å². The number of hydrogen-bond donors (Lipinski definition) is 0. The van der Waals surface area contributed by atoms with Gasteiger partial charge in [0.15, 0.2) is 11.6 Å². The van der Waals surface area contributed by atoms with Crippen molar-refractivity contribution >= 4 is 22.5 Å². The van der Waals surface area contributed by atoms with Gasteiger partial charge >= 0.3 is 0 Å². The maximum atomic E-state index is 15.9. The number of rotatable bonds is 8. The van der Waals surface area contributed by atoms with Gasteiger partial charge in [-0.1, -0.05) is 102 Å². The molecular formula is C32H38FNO2. The van der Waals surface area contributed by atoms with E-state index in [-0.39, 0.29) is 23.2 Å². The summed E-state index contributed by atoms with van der Waals surface area (Å²) in [5, 5.41) is 0. The summed E-state index contributed by atoms with van der Waals surface area (Å²) in [5.74, 6) is -1.18. The van der Waals surface area contributed by atoms with Crippen LogP contribution in [0.2, 0.25) is 0 Å². The fourth-order valence-corrected chi connectivity index (χ4v) is 4.59. The first-order valence-electron chi connectivity index (χ1n) is 12.7. The summed E-state index contributed by atoms with van der Waals surface area (Å²) in [6, 6.07) is 19.3. The molecule has 0 aliphatic rings. The van der Waals surface area contributed by atoms with Crippen LogP contribution >= 0.6 is 0 Å². The van der Waals surface area contributed by atoms with Crippen LogP contribution in [0.5, 0.6) is 0 Å². The molecule has 3 nitrogen and oxygen atoms in total. The van der Waals surface area contributed by atoms with Crippen LogP contribution < -0.4 is 5.43 Å². The van der Waals surface area contributed by atoms with E-state index in [0.29, 0.717) is 5.57 Å². The normalized spacial score (nSPS) is 12.4. The largest absolute Gasteiger partial charge is 0.341 e. The van der Waals surface area contributed by atoms with Crippen LogP contribution in [0, 0.1) is 11.7 Å². The smallest absolute Gasteiger partial charge is 0.228 e. The third kappa shape index (κ3) is 5.99. The van der Waals surface area contributed by atoms with Crippen LogP contribution in [0.25, 0.3) is 16.7 Å². The molecule has 0 aliphatic heterocycles. The Balaban J connectivity index is 0.00000222. The van der Waals surface area contributed by atoms with Gasteiger partial charge in [-0.05, 0) is 54.0 Å². The Morgan fingerprint density at radius 3 is 1.89 bits per heavy atom. The molecule has 0 unspecified atom stereocenters. The molecule has 2 aromatic carbocycles. The van der Waals surface area contributed by atoms with E-state index in [1.54, 1.807) is 4.57 Å². The molecule has 1 heterocycles. The number of allylic oxidation sites excluding steroid dienone is 3. The molecule has 1 aromatic heterocycles. The van der Waals surface area contributed by atoms with Gasteiger partial charge in [0, 0.05) is 12.2 Å². The van der Waals surface area contributed by atoms with E-state index in [2.05, 4.69) is 20.4 Å². The minimum absolute atomic E-state index is 0.0971. The molecule has 4 heteroatoms. The number of halogens is 1. The van der Waals surface area contributed by atoms with E-state index < -0.39 is 17.0 Å². The summed E-state index contributed by atoms with van der Waals surface area (Å²) in [6.45, 7) is 17.6. The second kappa shape index (κ2) is 13.0. The number of nitrogens with zero attached hydrogens (tertiary/aromatic N) is 1. The predicted octanol–water partition coefficient (Wildman–Crippen LogP) is 8.47. The number of ketones is 1. The molecule has 0 bridgehead atoms. The van der Waals surface area contributed by atoms with Gasteiger partial charge in [0.1, 0.15) is 0 Å². The van der Waals surface area contributed by atoms with Crippen molar-refractivity contribution in [1.29, 1.82) is 0 Å². The van der Waals surface area contributed by atoms with Crippen LogP contribution in [0.4, 0.5) is 4.39 Å². The Kier molecular flexibility index (Phi) is 10.3. The van der Waals surface area contributed by atoms with E-state index in [0.717, 1.165) is 28.7 Å². The topological polar surface area (TPSA) is 39.1 Å². The highest BCUT2D eigenvalue weighted by atomic mass is 19.1.